The molecule has 0 spiro atoms. The molecule has 2 rings (SSSR count). The molecule has 1 aromatic rings. The van der Waals surface area contributed by atoms with Gasteiger partial charge in [-0.2, -0.15) is 0 Å². The summed E-state index contributed by atoms with van der Waals surface area (Å²) in [5.74, 6) is 0.0424. The molecule has 0 aliphatic heterocycles. The highest BCUT2D eigenvalue weighted by molar-refractivity contribution is 8.13. The Kier molecular flexibility index (Phi) is 4.68. The van der Waals surface area contributed by atoms with Crippen molar-refractivity contribution in [3.63, 3.8) is 0 Å². The molecule has 0 atom stereocenters. The third-order valence-corrected chi connectivity index (χ3v) is 4.79. The van der Waals surface area contributed by atoms with Gasteiger partial charge in [0.1, 0.15) is 0 Å². The minimum Gasteiger partial charge on any atom is -0.491 e. The van der Waals surface area contributed by atoms with Gasteiger partial charge in [-0.25, -0.2) is 12.8 Å². The summed E-state index contributed by atoms with van der Waals surface area (Å²) in [6, 6.07) is 3.43. The van der Waals surface area contributed by atoms with Crippen molar-refractivity contribution in [3.05, 3.63) is 24.0 Å². The fourth-order valence-corrected chi connectivity index (χ4v) is 3.15. The molecular formula is C13H16ClFO3S. The maximum absolute atomic E-state index is 13.6. The molecule has 106 valence electrons. The highest BCUT2D eigenvalue weighted by atomic mass is 35.7. The van der Waals surface area contributed by atoms with E-state index in [4.69, 9.17) is 15.4 Å². The van der Waals surface area contributed by atoms with Crippen molar-refractivity contribution in [1.82, 2.24) is 0 Å². The standard InChI is InChI=1S/C13H16ClFO3S/c14-19(16,17)11-5-6-13(12(15)9-11)18-8-7-10-3-1-2-4-10/h5-6,9-10H,1-4,7-8H2. The first-order valence-corrected chi connectivity index (χ1v) is 8.65. The zero-order chi connectivity index (χ0) is 13.9. The number of benzene rings is 1. The average molecular weight is 307 g/mol. The van der Waals surface area contributed by atoms with Crippen molar-refractivity contribution in [2.24, 2.45) is 5.92 Å². The summed E-state index contributed by atoms with van der Waals surface area (Å²) in [6.07, 6.45) is 5.88. The summed E-state index contributed by atoms with van der Waals surface area (Å²) in [5, 5.41) is 0. The summed E-state index contributed by atoms with van der Waals surface area (Å²) in [7, 11) is 1.24. The van der Waals surface area contributed by atoms with Gasteiger partial charge in [0.05, 0.1) is 11.5 Å². The summed E-state index contributed by atoms with van der Waals surface area (Å²) >= 11 is 0. The Morgan fingerprint density at radius 2 is 2.00 bits per heavy atom. The first-order valence-electron chi connectivity index (χ1n) is 6.34. The topological polar surface area (TPSA) is 43.4 Å². The third kappa shape index (κ3) is 4.08. The molecule has 1 saturated carbocycles. The Hall–Kier alpha value is -0.810. The molecule has 0 bridgehead atoms. The smallest absolute Gasteiger partial charge is 0.261 e. The van der Waals surface area contributed by atoms with Crippen molar-refractivity contribution in [2.45, 2.75) is 37.0 Å². The van der Waals surface area contributed by atoms with Crippen LogP contribution in [0.1, 0.15) is 32.1 Å². The number of halogens is 2. The van der Waals surface area contributed by atoms with Crippen LogP contribution in [0, 0.1) is 11.7 Å². The van der Waals surface area contributed by atoms with E-state index in [-0.39, 0.29) is 10.6 Å². The van der Waals surface area contributed by atoms with E-state index in [9.17, 15) is 12.8 Å². The van der Waals surface area contributed by atoms with Crippen LogP contribution in [0.5, 0.6) is 5.75 Å². The van der Waals surface area contributed by atoms with Crippen molar-refractivity contribution < 1.29 is 17.5 Å². The Bertz CT molecular complexity index is 539. The van der Waals surface area contributed by atoms with Gasteiger partial charge in [0.25, 0.3) is 9.05 Å². The van der Waals surface area contributed by atoms with E-state index in [0.717, 1.165) is 12.5 Å². The van der Waals surface area contributed by atoms with Gasteiger partial charge in [-0.1, -0.05) is 25.7 Å². The van der Waals surface area contributed by atoms with Crippen LogP contribution < -0.4 is 4.74 Å². The fraction of sp³-hybridized carbons (Fsp3) is 0.538. The summed E-state index contributed by atoms with van der Waals surface area (Å²) in [5.41, 5.74) is 0. The maximum atomic E-state index is 13.6. The van der Waals surface area contributed by atoms with Gasteiger partial charge in [-0.15, -0.1) is 0 Å². The molecule has 0 unspecified atom stereocenters. The number of ether oxygens (including phenoxy) is 1. The molecule has 3 nitrogen and oxygen atoms in total. The predicted octanol–water partition coefficient (Wildman–Crippen LogP) is 3.71. The van der Waals surface area contributed by atoms with E-state index in [1.54, 1.807) is 0 Å². The lowest BCUT2D eigenvalue weighted by Crippen LogP contribution is -2.05. The van der Waals surface area contributed by atoms with Gasteiger partial charge in [0, 0.05) is 10.7 Å². The van der Waals surface area contributed by atoms with E-state index in [0.29, 0.717) is 12.5 Å². The summed E-state index contributed by atoms with van der Waals surface area (Å²) in [4.78, 5) is -0.255. The van der Waals surface area contributed by atoms with Crippen LogP contribution in [0.2, 0.25) is 0 Å². The first kappa shape index (κ1) is 14.6. The number of hydrogen-bond acceptors (Lipinski definition) is 3. The van der Waals surface area contributed by atoms with Crippen molar-refractivity contribution in [3.8, 4) is 5.75 Å². The first-order chi connectivity index (χ1) is 8.97. The normalized spacial score (nSPS) is 16.7. The Morgan fingerprint density at radius 3 is 2.58 bits per heavy atom. The highest BCUT2D eigenvalue weighted by Gasteiger charge is 2.16. The molecule has 0 N–H and O–H groups in total. The predicted molar refractivity (Wildman–Crippen MR) is 71.5 cm³/mol. The highest BCUT2D eigenvalue weighted by Crippen LogP contribution is 2.28. The largest absolute Gasteiger partial charge is 0.491 e. The lowest BCUT2D eigenvalue weighted by atomic mass is 10.1. The molecule has 1 fully saturated rings. The zero-order valence-corrected chi connectivity index (χ0v) is 12.0. The van der Waals surface area contributed by atoms with Gasteiger partial charge in [-0.3, -0.25) is 0 Å². The zero-order valence-electron chi connectivity index (χ0n) is 10.4. The molecule has 0 saturated heterocycles. The molecule has 0 amide bonds. The van der Waals surface area contributed by atoms with Crippen molar-refractivity contribution in [1.29, 1.82) is 0 Å². The molecule has 6 heteroatoms. The van der Waals surface area contributed by atoms with Gasteiger partial charge in [0.2, 0.25) is 0 Å². The van der Waals surface area contributed by atoms with Crippen LogP contribution in [0.3, 0.4) is 0 Å². The van der Waals surface area contributed by atoms with Crippen LogP contribution in [-0.2, 0) is 9.05 Å². The van der Waals surface area contributed by atoms with E-state index < -0.39 is 14.9 Å². The van der Waals surface area contributed by atoms with Gasteiger partial charge in [-0.05, 0) is 30.5 Å². The average Bonchev–Trinajstić information content (AvgIpc) is 2.83. The fourth-order valence-electron chi connectivity index (χ4n) is 2.38. The minimum atomic E-state index is -3.90. The third-order valence-electron chi connectivity index (χ3n) is 3.44. The van der Waals surface area contributed by atoms with E-state index in [2.05, 4.69) is 0 Å². The lowest BCUT2D eigenvalue weighted by Gasteiger charge is -2.11. The van der Waals surface area contributed by atoms with E-state index >= 15 is 0 Å². The second-order valence-corrected chi connectivity index (χ2v) is 7.38. The lowest BCUT2D eigenvalue weighted by molar-refractivity contribution is 0.267. The van der Waals surface area contributed by atoms with Crippen molar-refractivity contribution in [2.75, 3.05) is 6.61 Å². The monoisotopic (exact) mass is 306 g/mol. The molecule has 0 heterocycles. The Morgan fingerprint density at radius 1 is 1.32 bits per heavy atom. The second kappa shape index (κ2) is 6.09. The van der Waals surface area contributed by atoms with Gasteiger partial charge >= 0.3 is 0 Å². The van der Waals surface area contributed by atoms with Gasteiger partial charge < -0.3 is 4.74 Å². The number of rotatable bonds is 5. The van der Waals surface area contributed by atoms with Crippen LogP contribution in [0.4, 0.5) is 4.39 Å². The summed E-state index contributed by atoms with van der Waals surface area (Å²) < 4.78 is 41.1. The molecule has 1 aliphatic rings. The Balaban J connectivity index is 1.93. The molecular weight excluding hydrogens is 291 g/mol. The van der Waals surface area contributed by atoms with Crippen LogP contribution in [-0.4, -0.2) is 15.0 Å². The second-order valence-electron chi connectivity index (χ2n) is 4.82. The molecule has 0 aromatic heterocycles. The molecule has 19 heavy (non-hydrogen) atoms. The van der Waals surface area contributed by atoms with Crippen LogP contribution in [0.15, 0.2) is 23.1 Å². The van der Waals surface area contributed by atoms with E-state index in [1.807, 2.05) is 0 Å². The maximum Gasteiger partial charge on any atom is 0.261 e. The van der Waals surface area contributed by atoms with E-state index in [1.165, 1.54) is 37.8 Å². The van der Waals surface area contributed by atoms with Crippen LogP contribution in [0.25, 0.3) is 0 Å². The van der Waals surface area contributed by atoms with Crippen LogP contribution >= 0.6 is 10.7 Å². The molecule has 1 aromatic carbocycles. The number of hydrogen-bond donors (Lipinski definition) is 0. The summed E-state index contributed by atoms with van der Waals surface area (Å²) in [6.45, 7) is 0.453. The molecule has 1 aliphatic carbocycles. The van der Waals surface area contributed by atoms with Gasteiger partial charge in [0.15, 0.2) is 11.6 Å². The SMILES string of the molecule is O=S(=O)(Cl)c1ccc(OCCC2CCCC2)c(F)c1. The Labute approximate surface area is 117 Å². The minimum absolute atomic E-state index is 0.0714. The molecule has 0 radical (unpaired) electrons. The van der Waals surface area contributed by atoms with Crippen molar-refractivity contribution >= 4 is 19.7 Å². The quantitative estimate of drug-likeness (QED) is 0.779.